The maximum atomic E-state index is 13.0. The molecule has 0 aliphatic rings. The molecule has 4 N–H and O–H groups in total. The molecule has 0 aliphatic carbocycles. The van der Waals surface area contributed by atoms with Gasteiger partial charge in [0.2, 0.25) is 0 Å². The SMILES string of the molecule is CC/C=C\C/C=C\C/C=C\C/C=C\C/C=C\CCCCCCCCCCCCCC(=O)OCC(O)COP(=O)(O)OCC(O)COP(=O)(O)OCC(COC(=O)CCCCC/C=C\C/C=C\C/C=C\C/C=C\C/C=C\CC)OC(=O)CCCCCCCC/C=C\C/C=C\C/C=C\CCCCC. The second-order valence-electron chi connectivity index (χ2n) is 25.4. The Morgan fingerprint density at radius 3 is 0.842 bits per heavy atom. The number of rotatable bonds is 72. The first-order valence-electron chi connectivity index (χ1n) is 38.8. The van der Waals surface area contributed by atoms with Crippen LogP contribution < -0.4 is 0 Å². The molecular weight excluding hydrogens is 1310 g/mol. The van der Waals surface area contributed by atoms with Gasteiger partial charge in [-0.25, -0.2) is 9.13 Å². The molecule has 0 rings (SSSR count). The van der Waals surface area contributed by atoms with Crippen LogP contribution >= 0.6 is 15.6 Å². The van der Waals surface area contributed by atoms with E-state index in [1.54, 1.807) is 0 Å². The van der Waals surface area contributed by atoms with E-state index in [1.165, 1.54) is 64.2 Å². The van der Waals surface area contributed by atoms with Crippen LogP contribution in [-0.4, -0.2) is 95.9 Å². The van der Waals surface area contributed by atoms with Crippen molar-refractivity contribution in [2.75, 3.05) is 39.6 Å². The van der Waals surface area contributed by atoms with Gasteiger partial charge in [0.15, 0.2) is 6.10 Å². The Balaban J connectivity index is 4.65. The molecule has 0 fully saturated rings. The number of ether oxygens (including phenoxy) is 3. The Labute approximate surface area is 612 Å². The molecule has 0 saturated carbocycles. The average Bonchev–Trinajstić information content (AvgIpc) is 3.19. The number of aliphatic hydroxyl groups is 2. The van der Waals surface area contributed by atoms with E-state index in [1.807, 2.05) is 0 Å². The third-order valence-corrected chi connectivity index (χ3v) is 17.6. The maximum absolute atomic E-state index is 13.0. The molecule has 0 aromatic heterocycles. The molecule has 16 nitrogen and oxygen atoms in total. The summed E-state index contributed by atoms with van der Waals surface area (Å²) in [6.45, 7) is 2.36. The van der Waals surface area contributed by atoms with Gasteiger partial charge in [0.1, 0.15) is 25.4 Å². The lowest BCUT2D eigenvalue weighted by Gasteiger charge is -2.21. The zero-order chi connectivity index (χ0) is 73.7. The van der Waals surface area contributed by atoms with Crippen LogP contribution in [-0.2, 0) is 55.8 Å². The first-order chi connectivity index (χ1) is 49.2. The Bertz CT molecular complexity index is 2470. The van der Waals surface area contributed by atoms with Crippen molar-refractivity contribution in [1.82, 2.24) is 0 Å². The van der Waals surface area contributed by atoms with Gasteiger partial charge in [0.05, 0.1) is 26.4 Å². The molecule has 18 heteroatoms. The molecule has 576 valence electrons. The number of carbonyl (C=O) groups is 3. The van der Waals surface area contributed by atoms with E-state index in [4.69, 9.17) is 32.3 Å². The second-order valence-corrected chi connectivity index (χ2v) is 28.3. The van der Waals surface area contributed by atoms with Crippen LogP contribution in [0, 0.1) is 0 Å². The summed E-state index contributed by atoms with van der Waals surface area (Å²) in [5.74, 6) is -1.64. The predicted molar refractivity (Wildman–Crippen MR) is 417 cm³/mol. The van der Waals surface area contributed by atoms with Crippen molar-refractivity contribution in [3.63, 3.8) is 0 Å². The molecule has 5 atom stereocenters. The summed E-state index contributed by atoms with van der Waals surface area (Å²) in [5.41, 5.74) is 0. The molecule has 0 heterocycles. The number of unbranched alkanes of at least 4 members (excludes halogenated alkanes) is 23. The lowest BCUT2D eigenvalue weighted by molar-refractivity contribution is -0.161. The standard InChI is InChI=1S/C83H138O16P2/c1-4-7-10-13-16-19-22-25-28-31-34-35-36-37-38-39-40-41-44-46-48-51-54-57-60-63-66-69-81(86)93-72-78(84)73-95-100(89,90)96-74-79(85)75-97-101(91,92)98-77-80(99-83(88)71-68-65-62-59-56-53-50-47-43-33-30-27-24-21-18-15-12-9-6-3)76-94-82(87)70-67-64-61-58-55-52-49-45-42-32-29-26-23-20-17-14-11-8-5-2/h7-8,10-11,16-21,25-30,34-35,37-38,42-43,45,47,52,55,78-80,84-85H,4-6,9,12-15,22-24,31-33,36,39-41,44,46,48-51,53-54,56-77H2,1-3H3,(H,89,90)(H,91,92)/b10-7-,11-8-,19-16-,20-17-,21-18-,28-25-,29-26-,30-27-,35-34-,38-37-,45-42-,47-43-,55-52-. The fourth-order valence-corrected chi connectivity index (χ4v) is 11.5. The minimum Gasteiger partial charge on any atom is -0.463 e. The molecule has 0 spiro atoms. The summed E-state index contributed by atoms with van der Waals surface area (Å²) in [4.78, 5) is 58.7. The summed E-state index contributed by atoms with van der Waals surface area (Å²) in [6, 6.07) is 0. The molecule has 0 radical (unpaired) electrons. The first-order valence-corrected chi connectivity index (χ1v) is 41.8. The molecule has 0 saturated heterocycles. The largest absolute Gasteiger partial charge is 0.472 e. The number of hydrogen-bond donors (Lipinski definition) is 4. The summed E-state index contributed by atoms with van der Waals surface area (Å²) in [6.07, 6.45) is 92.8. The quantitative estimate of drug-likeness (QED) is 0.0146. The number of phosphoric acid groups is 2. The molecule has 5 unspecified atom stereocenters. The van der Waals surface area contributed by atoms with Gasteiger partial charge < -0.3 is 34.2 Å². The number of hydrogen-bond acceptors (Lipinski definition) is 14. The topological polar surface area (TPSA) is 231 Å². The Morgan fingerprint density at radius 2 is 0.525 bits per heavy atom. The normalized spacial score (nSPS) is 14.9. The third kappa shape index (κ3) is 76.1. The van der Waals surface area contributed by atoms with Crippen LogP contribution in [0.15, 0.2) is 158 Å². The van der Waals surface area contributed by atoms with E-state index in [-0.39, 0.29) is 19.3 Å². The second kappa shape index (κ2) is 74.9. The zero-order valence-corrected chi connectivity index (χ0v) is 64.6. The summed E-state index contributed by atoms with van der Waals surface area (Å²) < 4.78 is 61.1. The minimum atomic E-state index is -4.95. The van der Waals surface area contributed by atoms with Gasteiger partial charge in [0, 0.05) is 19.3 Å². The van der Waals surface area contributed by atoms with Crippen molar-refractivity contribution in [3.05, 3.63) is 158 Å². The number of phosphoric ester groups is 2. The fraction of sp³-hybridized carbons (Fsp3) is 0.651. The summed E-state index contributed by atoms with van der Waals surface area (Å²) in [5, 5.41) is 20.6. The van der Waals surface area contributed by atoms with Gasteiger partial charge in [-0.1, -0.05) is 281 Å². The molecule has 0 aliphatic heterocycles. The molecule has 0 bridgehead atoms. The van der Waals surface area contributed by atoms with E-state index in [0.29, 0.717) is 19.3 Å². The van der Waals surface area contributed by atoms with Gasteiger partial charge in [-0.3, -0.25) is 32.5 Å². The first kappa shape index (κ1) is 96.2. The van der Waals surface area contributed by atoms with E-state index >= 15 is 0 Å². The highest BCUT2D eigenvalue weighted by Crippen LogP contribution is 2.45. The molecule has 0 aromatic rings. The van der Waals surface area contributed by atoms with Crippen molar-refractivity contribution in [1.29, 1.82) is 0 Å². The maximum Gasteiger partial charge on any atom is 0.472 e. The van der Waals surface area contributed by atoms with Crippen LogP contribution in [0.3, 0.4) is 0 Å². The lowest BCUT2D eigenvalue weighted by Crippen LogP contribution is -2.30. The zero-order valence-electron chi connectivity index (χ0n) is 62.8. The van der Waals surface area contributed by atoms with Gasteiger partial charge >= 0.3 is 33.6 Å². The molecule has 0 amide bonds. The summed E-state index contributed by atoms with van der Waals surface area (Å²) >= 11 is 0. The highest BCUT2D eigenvalue weighted by molar-refractivity contribution is 7.47. The monoisotopic (exact) mass is 1450 g/mol. The van der Waals surface area contributed by atoms with Crippen molar-refractivity contribution in [3.8, 4) is 0 Å². The average molecular weight is 1450 g/mol. The van der Waals surface area contributed by atoms with Crippen molar-refractivity contribution in [2.24, 2.45) is 0 Å². The third-order valence-electron chi connectivity index (χ3n) is 15.7. The highest BCUT2D eigenvalue weighted by atomic mass is 31.2. The molecule has 101 heavy (non-hydrogen) atoms. The van der Waals surface area contributed by atoms with E-state index < -0.39 is 91.5 Å². The van der Waals surface area contributed by atoms with E-state index in [0.717, 1.165) is 167 Å². The van der Waals surface area contributed by atoms with Crippen molar-refractivity contribution < 1.29 is 75.8 Å². The van der Waals surface area contributed by atoms with Crippen LogP contribution in [0.4, 0.5) is 0 Å². The number of allylic oxidation sites excluding steroid dienone is 26. The number of esters is 3. The van der Waals surface area contributed by atoms with Gasteiger partial charge in [-0.15, -0.1) is 0 Å². The predicted octanol–water partition coefficient (Wildman–Crippen LogP) is 22.6. The van der Waals surface area contributed by atoms with Crippen molar-refractivity contribution in [2.45, 2.75) is 309 Å². The number of aliphatic hydroxyl groups excluding tert-OH is 2. The van der Waals surface area contributed by atoms with Gasteiger partial charge in [-0.2, -0.15) is 0 Å². The molecule has 0 aromatic carbocycles. The number of carbonyl (C=O) groups excluding carboxylic acids is 3. The van der Waals surface area contributed by atoms with Crippen LogP contribution in [0.5, 0.6) is 0 Å². The van der Waals surface area contributed by atoms with Crippen LogP contribution in [0.25, 0.3) is 0 Å². The Kier molecular flexibility index (Phi) is 71.3. The van der Waals surface area contributed by atoms with Crippen LogP contribution in [0.1, 0.15) is 290 Å². The fourth-order valence-electron chi connectivity index (χ4n) is 9.87. The van der Waals surface area contributed by atoms with Crippen molar-refractivity contribution >= 4 is 33.6 Å². The van der Waals surface area contributed by atoms with Gasteiger partial charge in [-0.05, 0) is 148 Å². The molecular formula is C83H138O16P2. The van der Waals surface area contributed by atoms with E-state index in [9.17, 15) is 43.5 Å². The summed E-state index contributed by atoms with van der Waals surface area (Å²) in [7, 11) is -9.81. The Morgan fingerprint density at radius 1 is 0.287 bits per heavy atom. The lowest BCUT2D eigenvalue weighted by atomic mass is 10.0. The Hall–Kier alpha value is -4.83. The van der Waals surface area contributed by atoms with Crippen LogP contribution in [0.2, 0.25) is 0 Å². The smallest absolute Gasteiger partial charge is 0.463 e. The van der Waals surface area contributed by atoms with E-state index in [2.05, 4.69) is 179 Å². The highest BCUT2D eigenvalue weighted by Gasteiger charge is 2.29. The minimum absolute atomic E-state index is 0.0774. The van der Waals surface area contributed by atoms with Gasteiger partial charge in [0.25, 0.3) is 0 Å².